The maximum Gasteiger partial charge on any atom is 0.137 e. The van der Waals surface area contributed by atoms with Gasteiger partial charge in [0.2, 0.25) is 0 Å². The zero-order valence-electron chi connectivity index (χ0n) is 14.4. The molecule has 1 unspecified atom stereocenters. The van der Waals surface area contributed by atoms with Gasteiger partial charge < -0.3 is 10.1 Å². The molecular weight excluding hydrogens is 308 g/mol. The Bertz CT molecular complexity index is 639. The van der Waals surface area contributed by atoms with E-state index in [2.05, 4.69) is 32.2 Å². The van der Waals surface area contributed by atoms with Crippen LogP contribution in [0.1, 0.15) is 63.6 Å². The van der Waals surface area contributed by atoms with Crippen LogP contribution in [0.4, 0.5) is 0 Å². The Kier molecular flexibility index (Phi) is 5.83. The van der Waals surface area contributed by atoms with E-state index in [1.54, 1.807) is 13.2 Å². The molecule has 1 aromatic rings. The number of unbranched alkanes of at least 4 members (excludes halogenated alkanes) is 1. The quantitative estimate of drug-likeness (QED) is 0.892. The van der Waals surface area contributed by atoms with Gasteiger partial charge in [-0.3, -0.25) is 4.21 Å². The van der Waals surface area contributed by atoms with Gasteiger partial charge in [-0.05, 0) is 37.5 Å². The van der Waals surface area contributed by atoms with Crippen LogP contribution in [0.3, 0.4) is 0 Å². The minimum absolute atomic E-state index is 0.0786. The van der Waals surface area contributed by atoms with Crippen LogP contribution in [-0.4, -0.2) is 22.6 Å². The summed E-state index contributed by atoms with van der Waals surface area (Å²) in [7, 11) is 0.444. The number of fused-ring (bicyclic) bond motifs is 1. The second kappa shape index (κ2) is 7.46. The van der Waals surface area contributed by atoms with Crippen molar-refractivity contribution < 1.29 is 8.95 Å². The van der Waals surface area contributed by atoms with Gasteiger partial charge in [-0.2, -0.15) is 5.26 Å². The van der Waals surface area contributed by atoms with Gasteiger partial charge in [-0.15, -0.1) is 0 Å². The normalized spacial score (nSPS) is 26.9. The van der Waals surface area contributed by atoms with Crippen molar-refractivity contribution >= 4 is 10.8 Å². The maximum atomic E-state index is 13.0. The first-order valence-electron chi connectivity index (χ1n) is 8.28. The van der Waals surface area contributed by atoms with E-state index < -0.39 is 10.8 Å². The zero-order chi connectivity index (χ0) is 17.0. The molecule has 0 bridgehead atoms. The molecule has 5 heteroatoms. The second-order valence-electron chi connectivity index (χ2n) is 6.30. The topological polar surface area (TPSA) is 62.1 Å². The summed E-state index contributed by atoms with van der Waals surface area (Å²) >= 11 is 0. The average molecular weight is 334 g/mol. The molecule has 1 heterocycles. The third-order valence-corrected chi connectivity index (χ3v) is 6.44. The van der Waals surface area contributed by atoms with Crippen LogP contribution in [0, 0.1) is 11.3 Å². The van der Waals surface area contributed by atoms with Crippen molar-refractivity contribution in [1.82, 2.24) is 5.32 Å². The van der Waals surface area contributed by atoms with E-state index in [4.69, 9.17) is 4.74 Å². The molecule has 0 aliphatic carbocycles. The van der Waals surface area contributed by atoms with Crippen molar-refractivity contribution in [3.05, 3.63) is 23.3 Å². The SMILES string of the molecule is CCCC[C@]1(CC)CS(=O)c2cc(C#N)c(OC)cc2[C@@H](C)N1. The fraction of sp³-hybridized carbons (Fsp3) is 0.611. The molecule has 2 rings (SSSR count). The van der Waals surface area contributed by atoms with Crippen LogP contribution in [0.25, 0.3) is 0 Å². The number of rotatable bonds is 5. The number of methoxy groups -OCH3 is 1. The van der Waals surface area contributed by atoms with Gasteiger partial charge in [0.15, 0.2) is 0 Å². The maximum absolute atomic E-state index is 13.0. The molecule has 3 atom stereocenters. The van der Waals surface area contributed by atoms with Crippen molar-refractivity contribution in [3.63, 3.8) is 0 Å². The minimum atomic E-state index is -1.12. The lowest BCUT2D eigenvalue weighted by Gasteiger charge is -2.34. The van der Waals surface area contributed by atoms with E-state index in [1.165, 1.54) is 0 Å². The summed E-state index contributed by atoms with van der Waals surface area (Å²) in [5.41, 5.74) is 1.31. The van der Waals surface area contributed by atoms with Gasteiger partial charge >= 0.3 is 0 Å². The van der Waals surface area contributed by atoms with Crippen LogP contribution in [0.15, 0.2) is 17.0 Å². The summed E-state index contributed by atoms with van der Waals surface area (Å²) in [6.07, 6.45) is 4.21. The molecule has 23 heavy (non-hydrogen) atoms. The number of hydrogen-bond donors (Lipinski definition) is 1. The number of nitriles is 1. The third kappa shape index (κ3) is 3.59. The molecule has 1 aromatic carbocycles. The Labute approximate surface area is 141 Å². The minimum Gasteiger partial charge on any atom is -0.495 e. The van der Waals surface area contributed by atoms with Crippen molar-refractivity contribution in [1.29, 1.82) is 5.26 Å². The number of ether oxygens (including phenoxy) is 1. The number of benzene rings is 1. The first-order valence-corrected chi connectivity index (χ1v) is 9.60. The molecule has 0 amide bonds. The largest absolute Gasteiger partial charge is 0.495 e. The van der Waals surface area contributed by atoms with Gasteiger partial charge in [0.1, 0.15) is 11.8 Å². The Morgan fingerprint density at radius 3 is 2.78 bits per heavy atom. The lowest BCUT2D eigenvalue weighted by atomic mass is 9.90. The Balaban J connectivity index is 2.48. The lowest BCUT2D eigenvalue weighted by Crippen LogP contribution is -2.48. The highest BCUT2D eigenvalue weighted by Crippen LogP contribution is 2.36. The molecule has 0 saturated heterocycles. The monoisotopic (exact) mass is 334 g/mol. The molecule has 0 radical (unpaired) electrons. The van der Waals surface area contributed by atoms with Crippen LogP contribution in [0.2, 0.25) is 0 Å². The van der Waals surface area contributed by atoms with Crippen molar-refractivity contribution in [3.8, 4) is 11.8 Å². The van der Waals surface area contributed by atoms with E-state index in [0.29, 0.717) is 17.1 Å². The van der Waals surface area contributed by atoms with Crippen LogP contribution >= 0.6 is 0 Å². The summed E-state index contributed by atoms with van der Waals surface area (Å²) in [6.45, 7) is 6.44. The highest BCUT2D eigenvalue weighted by Gasteiger charge is 2.36. The highest BCUT2D eigenvalue weighted by molar-refractivity contribution is 7.85. The Morgan fingerprint density at radius 1 is 1.48 bits per heavy atom. The van der Waals surface area contributed by atoms with Crippen LogP contribution in [0.5, 0.6) is 5.75 Å². The Hall–Kier alpha value is -1.38. The van der Waals surface area contributed by atoms with Crippen molar-refractivity contribution in [2.75, 3.05) is 12.9 Å². The van der Waals surface area contributed by atoms with E-state index >= 15 is 0 Å². The lowest BCUT2D eigenvalue weighted by molar-refractivity contribution is 0.288. The molecule has 4 nitrogen and oxygen atoms in total. The summed E-state index contributed by atoms with van der Waals surface area (Å²) in [5.74, 6) is 1.15. The highest BCUT2D eigenvalue weighted by atomic mass is 32.2. The second-order valence-corrected chi connectivity index (χ2v) is 7.71. The van der Waals surface area contributed by atoms with Gasteiger partial charge in [0.25, 0.3) is 0 Å². The summed E-state index contributed by atoms with van der Waals surface area (Å²) in [5, 5.41) is 13.0. The zero-order valence-corrected chi connectivity index (χ0v) is 15.3. The number of nitrogens with zero attached hydrogens (tertiary/aromatic N) is 1. The summed E-state index contributed by atoms with van der Waals surface area (Å²) < 4.78 is 18.3. The van der Waals surface area contributed by atoms with Crippen molar-refractivity contribution in [2.24, 2.45) is 0 Å². The molecule has 0 aromatic heterocycles. The number of nitrogens with one attached hydrogen (secondary N) is 1. The molecule has 0 spiro atoms. The molecule has 0 saturated carbocycles. The fourth-order valence-corrected chi connectivity index (χ4v) is 5.15. The standard InChI is InChI=1S/C18H26N2O2S/c1-5-7-8-18(6-2)12-23(21)17-9-14(11-19)16(22-4)10-15(17)13(3)20-18/h9-10,13,20H,5-8,12H2,1-4H3/t13-,18-,23?/m1/s1. The Morgan fingerprint density at radius 2 is 2.22 bits per heavy atom. The molecular formula is C18H26N2O2S. The van der Waals surface area contributed by atoms with E-state index in [-0.39, 0.29) is 11.6 Å². The van der Waals surface area contributed by atoms with Gasteiger partial charge in [0, 0.05) is 22.2 Å². The van der Waals surface area contributed by atoms with E-state index in [9.17, 15) is 9.47 Å². The first-order chi connectivity index (χ1) is 11.0. The van der Waals surface area contributed by atoms with Crippen LogP contribution in [-0.2, 0) is 10.8 Å². The van der Waals surface area contributed by atoms with Crippen molar-refractivity contribution in [2.45, 2.75) is 62.9 Å². The van der Waals surface area contributed by atoms with Gasteiger partial charge in [0.05, 0.1) is 23.5 Å². The summed E-state index contributed by atoms with van der Waals surface area (Å²) in [4.78, 5) is 0.772. The van der Waals surface area contributed by atoms with E-state index in [1.807, 2.05) is 6.07 Å². The average Bonchev–Trinajstić information content (AvgIpc) is 2.67. The van der Waals surface area contributed by atoms with Crippen LogP contribution < -0.4 is 10.1 Å². The third-order valence-electron chi connectivity index (χ3n) is 4.78. The summed E-state index contributed by atoms with van der Waals surface area (Å²) in [6, 6.07) is 5.83. The number of hydrogen-bond acceptors (Lipinski definition) is 4. The smallest absolute Gasteiger partial charge is 0.137 e. The molecule has 0 fully saturated rings. The molecule has 1 N–H and O–H groups in total. The molecule has 1 aliphatic heterocycles. The predicted molar refractivity (Wildman–Crippen MR) is 93.1 cm³/mol. The molecule has 126 valence electrons. The fourth-order valence-electron chi connectivity index (χ4n) is 3.32. The first kappa shape index (κ1) is 18.0. The predicted octanol–water partition coefficient (Wildman–Crippen LogP) is 3.68. The molecule has 1 aliphatic rings. The van der Waals surface area contributed by atoms with Gasteiger partial charge in [-0.1, -0.05) is 26.7 Å². The van der Waals surface area contributed by atoms with E-state index in [0.717, 1.165) is 36.1 Å². The van der Waals surface area contributed by atoms with Gasteiger partial charge in [-0.25, -0.2) is 0 Å².